The average molecular weight is 380 g/mol. The molecule has 1 aliphatic carbocycles. The maximum Gasteiger partial charge on any atom is 0.409 e. The molecule has 2 aromatic rings. The Balaban J connectivity index is 1.72. The molecule has 0 atom stereocenters. The lowest BCUT2D eigenvalue weighted by atomic mass is 9.92. The van der Waals surface area contributed by atoms with E-state index < -0.39 is 0 Å². The largest absolute Gasteiger partial charge is 0.493 e. The fraction of sp³-hybridized carbons (Fsp3) is 0.500. The van der Waals surface area contributed by atoms with Gasteiger partial charge in [0.15, 0.2) is 11.5 Å². The molecule has 0 bridgehead atoms. The summed E-state index contributed by atoms with van der Waals surface area (Å²) in [5, 5.41) is 1.11. The summed E-state index contributed by atoms with van der Waals surface area (Å²) < 4.78 is 16.4. The number of halogens is 1. The highest BCUT2D eigenvalue weighted by molar-refractivity contribution is 6.34. The minimum Gasteiger partial charge on any atom is -0.493 e. The molecular weight excluding hydrogens is 358 g/mol. The summed E-state index contributed by atoms with van der Waals surface area (Å²) in [7, 11) is 4.76. The van der Waals surface area contributed by atoms with Gasteiger partial charge in [0, 0.05) is 24.5 Å². The van der Waals surface area contributed by atoms with Crippen molar-refractivity contribution in [2.24, 2.45) is 0 Å². The molecule has 1 aromatic heterocycles. The summed E-state index contributed by atoms with van der Waals surface area (Å²) in [5.74, 6) is 1.24. The first kappa shape index (κ1) is 18.5. The number of methoxy groups -OCH3 is 2. The van der Waals surface area contributed by atoms with Crippen LogP contribution < -0.4 is 9.47 Å². The number of fused-ring (bicyclic) bond motifs is 1. The van der Waals surface area contributed by atoms with E-state index in [1.54, 1.807) is 25.1 Å². The van der Waals surface area contributed by atoms with E-state index in [-0.39, 0.29) is 18.2 Å². The molecular formula is C18H22ClN3O4. The van der Waals surface area contributed by atoms with E-state index in [1.807, 2.05) is 6.07 Å². The van der Waals surface area contributed by atoms with E-state index in [2.05, 4.69) is 9.97 Å². The van der Waals surface area contributed by atoms with E-state index in [0.717, 1.165) is 31.1 Å². The SMILES string of the molecule is COC(=O)N(C)C1CCC(Oc2cc3c(Cl)ncnc3cc2OC)CC1. The number of rotatable bonds is 4. The average Bonchev–Trinajstić information content (AvgIpc) is 2.67. The molecule has 140 valence electrons. The molecule has 3 rings (SSSR count). The Bertz CT molecular complexity index is 793. The third-order valence-electron chi connectivity index (χ3n) is 4.82. The molecule has 1 saturated carbocycles. The van der Waals surface area contributed by atoms with Crippen molar-refractivity contribution in [3.63, 3.8) is 0 Å². The van der Waals surface area contributed by atoms with Crippen molar-refractivity contribution in [3.05, 3.63) is 23.6 Å². The van der Waals surface area contributed by atoms with Crippen LogP contribution in [0.25, 0.3) is 10.9 Å². The van der Waals surface area contributed by atoms with Gasteiger partial charge in [-0.25, -0.2) is 14.8 Å². The first-order valence-electron chi connectivity index (χ1n) is 8.49. The molecule has 1 aliphatic rings. The minimum absolute atomic E-state index is 0.0482. The molecule has 0 unspecified atom stereocenters. The molecule has 1 fully saturated rings. The summed E-state index contributed by atoms with van der Waals surface area (Å²) in [4.78, 5) is 21.5. The van der Waals surface area contributed by atoms with Crippen molar-refractivity contribution < 1.29 is 19.0 Å². The van der Waals surface area contributed by atoms with Crippen LogP contribution in [-0.2, 0) is 4.74 Å². The zero-order chi connectivity index (χ0) is 18.7. The van der Waals surface area contributed by atoms with Crippen LogP contribution in [0.2, 0.25) is 5.15 Å². The monoisotopic (exact) mass is 379 g/mol. The Morgan fingerprint density at radius 1 is 1.15 bits per heavy atom. The number of amides is 1. The molecule has 7 nitrogen and oxygen atoms in total. The van der Waals surface area contributed by atoms with E-state index in [0.29, 0.717) is 22.2 Å². The fourth-order valence-corrected chi connectivity index (χ4v) is 3.50. The van der Waals surface area contributed by atoms with Gasteiger partial charge in [-0.15, -0.1) is 0 Å². The van der Waals surface area contributed by atoms with Gasteiger partial charge in [0.2, 0.25) is 0 Å². The lowest BCUT2D eigenvalue weighted by molar-refractivity contribution is 0.0801. The van der Waals surface area contributed by atoms with Gasteiger partial charge in [0.1, 0.15) is 11.5 Å². The van der Waals surface area contributed by atoms with E-state index in [9.17, 15) is 4.79 Å². The van der Waals surface area contributed by atoms with E-state index in [4.69, 9.17) is 25.8 Å². The van der Waals surface area contributed by atoms with Gasteiger partial charge in [-0.05, 0) is 31.7 Å². The van der Waals surface area contributed by atoms with Crippen LogP contribution in [0.15, 0.2) is 18.5 Å². The summed E-state index contributed by atoms with van der Waals surface area (Å²) in [6.45, 7) is 0. The maximum absolute atomic E-state index is 11.7. The Hall–Kier alpha value is -2.28. The molecule has 1 heterocycles. The first-order chi connectivity index (χ1) is 12.5. The van der Waals surface area contributed by atoms with Gasteiger partial charge >= 0.3 is 6.09 Å². The van der Waals surface area contributed by atoms with Crippen molar-refractivity contribution >= 4 is 28.6 Å². The Morgan fingerprint density at radius 3 is 2.54 bits per heavy atom. The second-order valence-corrected chi connectivity index (χ2v) is 6.67. The van der Waals surface area contributed by atoms with Gasteiger partial charge in [0.25, 0.3) is 0 Å². The summed E-state index contributed by atoms with van der Waals surface area (Å²) in [6, 6.07) is 3.79. The third kappa shape index (κ3) is 3.77. The smallest absolute Gasteiger partial charge is 0.409 e. The normalized spacial score (nSPS) is 19.8. The Kier molecular flexibility index (Phi) is 5.66. The molecule has 0 radical (unpaired) electrons. The van der Waals surface area contributed by atoms with Crippen LogP contribution in [-0.4, -0.2) is 54.4 Å². The number of hydrogen-bond donors (Lipinski definition) is 0. The molecule has 26 heavy (non-hydrogen) atoms. The van der Waals surface area contributed by atoms with Crippen LogP contribution in [0.3, 0.4) is 0 Å². The summed E-state index contributed by atoms with van der Waals surface area (Å²) in [6.07, 6.45) is 4.56. The fourth-order valence-electron chi connectivity index (χ4n) is 3.31. The van der Waals surface area contributed by atoms with Gasteiger partial charge in [-0.3, -0.25) is 0 Å². The standard InChI is InChI=1S/C18H22ClN3O4/c1-22(18(23)25-3)11-4-6-12(7-5-11)26-16-8-13-14(9-15(16)24-2)20-10-21-17(13)19/h8-12H,4-7H2,1-3H3. The highest BCUT2D eigenvalue weighted by atomic mass is 35.5. The molecule has 0 N–H and O–H groups in total. The molecule has 0 spiro atoms. The lowest BCUT2D eigenvalue weighted by Gasteiger charge is -2.34. The lowest BCUT2D eigenvalue weighted by Crippen LogP contribution is -2.41. The second-order valence-electron chi connectivity index (χ2n) is 6.31. The Labute approximate surface area is 157 Å². The summed E-state index contributed by atoms with van der Waals surface area (Å²) in [5.41, 5.74) is 0.706. The van der Waals surface area contributed by atoms with Crippen LogP contribution in [0.5, 0.6) is 11.5 Å². The van der Waals surface area contributed by atoms with E-state index in [1.165, 1.54) is 13.4 Å². The third-order valence-corrected chi connectivity index (χ3v) is 5.12. The zero-order valence-electron chi connectivity index (χ0n) is 15.1. The van der Waals surface area contributed by atoms with E-state index >= 15 is 0 Å². The number of ether oxygens (including phenoxy) is 3. The first-order valence-corrected chi connectivity index (χ1v) is 8.87. The predicted molar refractivity (Wildman–Crippen MR) is 97.9 cm³/mol. The number of carbonyl (C=O) groups is 1. The topological polar surface area (TPSA) is 73.8 Å². The van der Waals surface area contributed by atoms with Gasteiger partial charge < -0.3 is 19.1 Å². The number of benzene rings is 1. The zero-order valence-corrected chi connectivity index (χ0v) is 15.8. The van der Waals surface area contributed by atoms with Gasteiger partial charge in [-0.2, -0.15) is 0 Å². The van der Waals surface area contributed by atoms with Crippen molar-refractivity contribution in [2.45, 2.75) is 37.8 Å². The van der Waals surface area contributed by atoms with Gasteiger partial charge in [0.05, 0.1) is 25.8 Å². The van der Waals surface area contributed by atoms with Crippen LogP contribution in [0.4, 0.5) is 4.79 Å². The molecule has 1 amide bonds. The molecule has 0 aliphatic heterocycles. The molecule has 0 saturated heterocycles. The van der Waals surface area contributed by atoms with Crippen LogP contribution in [0, 0.1) is 0 Å². The molecule has 8 heteroatoms. The maximum atomic E-state index is 11.7. The highest BCUT2D eigenvalue weighted by Gasteiger charge is 2.28. The second kappa shape index (κ2) is 7.95. The minimum atomic E-state index is -0.305. The number of nitrogens with zero attached hydrogens (tertiary/aromatic N) is 3. The quantitative estimate of drug-likeness (QED) is 0.754. The van der Waals surface area contributed by atoms with Gasteiger partial charge in [-0.1, -0.05) is 11.6 Å². The highest BCUT2D eigenvalue weighted by Crippen LogP contribution is 2.36. The van der Waals surface area contributed by atoms with Crippen molar-refractivity contribution in [1.29, 1.82) is 0 Å². The predicted octanol–water partition coefficient (Wildman–Crippen LogP) is 3.68. The number of hydrogen-bond acceptors (Lipinski definition) is 6. The van der Waals surface area contributed by atoms with Crippen LogP contribution >= 0.6 is 11.6 Å². The Morgan fingerprint density at radius 2 is 1.88 bits per heavy atom. The number of carbonyl (C=O) groups excluding carboxylic acids is 1. The summed E-state index contributed by atoms with van der Waals surface area (Å²) >= 11 is 6.17. The van der Waals surface area contributed by atoms with Crippen molar-refractivity contribution in [3.8, 4) is 11.5 Å². The molecule has 1 aromatic carbocycles. The van der Waals surface area contributed by atoms with Crippen LogP contribution in [0.1, 0.15) is 25.7 Å². The van der Waals surface area contributed by atoms with Crippen molar-refractivity contribution in [1.82, 2.24) is 14.9 Å². The van der Waals surface area contributed by atoms with Crippen molar-refractivity contribution in [2.75, 3.05) is 21.3 Å². The number of aromatic nitrogens is 2.